The molecule has 1 aliphatic rings. The summed E-state index contributed by atoms with van der Waals surface area (Å²) < 4.78 is 1.73. The summed E-state index contributed by atoms with van der Waals surface area (Å²) in [5, 5.41) is 0.885. The fraction of sp³-hybridized carbons (Fsp3) is 0.200. The summed E-state index contributed by atoms with van der Waals surface area (Å²) in [7, 11) is 0. The van der Waals surface area contributed by atoms with Crippen LogP contribution in [-0.4, -0.2) is 6.54 Å². The second kappa shape index (κ2) is 3.72. The van der Waals surface area contributed by atoms with Crippen molar-refractivity contribution >= 4 is 39.5 Å². The van der Waals surface area contributed by atoms with E-state index in [4.69, 9.17) is 11.8 Å². The minimum Gasteiger partial charge on any atom is -0.281 e. The van der Waals surface area contributed by atoms with Crippen LogP contribution in [0.2, 0.25) is 0 Å². The second-order valence-corrected chi connectivity index (χ2v) is 3.94. The Morgan fingerprint density at radius 1 is 1.46 bits per heavy atom. The minimum absolute atomic E-state index is 0.780. The largest absolute Gasteiger partial charge is 0.281 e. The maximum atomic E-state index is 6.01. The molecule has 0 unspecified atom stereocenters. The summed E-state index contributed by atoms with van der Waals surface area (Å²) in [6.45, 7) is 0.780. The van der Waals surface area contributed by atoms with Gasteiger partial charge >= 0.3 is 0 Å². The number of rotatable bonds is 1. The first-order valence-corrected chi connectivity index (χ1v) is 5.56. The van der Waals surface area contributed by atoms with Gasteiger partial charge in [-0.05, 0) is 23.3 Å². The van der Waals surface area contributed by atoms with Crippen molar-refractivity contribution in [2.24, 2.45) is 0 Å². The van der Waals surface area contributed by atoms with Crippen molar-refractivity contribution in [2.75, 3.05) is 11.0 Å². The first kappa shape index (κ1) is 9.10. The molecule has 13 heavy (non-hydrogen) atoms. The molecule has 1 nitrogen and oxygen atoms in total. The van der Waals surface area contributed by atoms with Crippen LogP contribution >= 0.6 is 27.7 Å². The van der Waals surface area contributed by atoms with Crippen LogP contribution in [-0.2, 0) is 5.33 Å². The van der Waals surface area contributed by atoms with Crippen LogP contribution in [0.3, 0.4) is 0 Å². The average molecular weight is 259 g/mol. The molecule has 0 saturated carbocycles. The molecule has 0 N–H and O–H groups in total. The molecule has 0 atom stereocenters. The smallest absolute Gasteiger partial charge is 0.0599 e. The number of halogens is 2. The average Bonchev–Trinajstić information content (AvgIpc) is 2.18. The standard InChI is InChI=1S/C10H9BrClN/c11-7-8-3-4-10-9(6-8)2-1-5-13(10)12/h1-4,6H,5,7H2. The van der Waals surface area contributed by atoms with Gasteiger partial charge in [-0.3, -0.25) is 4.42 Å². The van der Waals surface area contributed by atoms with Crippen molar-refractivity contribution in [1.82, 2.24) is 0 Å². The van der Waals surface area contributed by atoms with Crippen LogP contribution in [0.4, 0.5) is 5.69 Å². The predicted molar refractivity (Wildman–Crippen MR) is 61.3 cm³/mol. The zero-order valence-electron chi connectivity index (χ0n) is 7.00. The summed E-state index contributed by atoms with van der Waals surface area (Å²) in [5.74, 6) is 0. The molecule has 68 valence electrons. The van der Waals surface area contributed by atoms with Crippen LogP contribution < -0.4 is 4.42 Å². The molecule has 0 fully saturated rings. The minimum atomic E-state index is 0.780. The van der Waals surface area contributed by atoms with E-state index in [0.717, 1.165) is 17.6 Å². The zero-order chi connectivity index (χ0) is 9.26. The molecule has 0 amide bonds. The molecular weight excluding hydrogens is 249 g/mol. The first-order valence-electron chi connectivity index (χ1n) is 4.10. The predicted octanol–water partition coefficient (Wildman–Crippen LogP) is 3.57. The highest BCUT2D eigenvalue weighted by Crippen LogP contribution is 2.28. The van der Waals surface area contributed by atoms with E-state index in [1.165, 1.54) is 11.1 Å². The Morgan fingerprint density at radius 2 is 2.31 bits per heavy atom. The molecule has 0 radical (unpaired) electrons. The van der Waals surface area contributed by atoms with Gasteiger partial charge in [-0.2, -0.15) is 0 Å². The van der Waals surface area contributed by atoms with Gasteiger partial charge in [0.25, 0.3) is 0 Å². The Hall–Kier alpha value is -0.470. The van der Waals surface area contributed by atoms with E-state index in [2.05, 4.69) is 46.3 Å². The first-order chi connectivity index (χ1) is 6.31. The molecular formula is C10H9BrClN. The topological polar surface area (TPSA) is 3.24 Å². The SMILES string of the molecule is ClN1CC=Cc2cc(CBr)ccc21. The second-order valence-electron chi connectivity index (χ2n) is 2.97. The van der Waals surface area contributed by atoms with Crippen LogP contribution in [0.25, 0.3) is 6.08 Å². The molecule has 0 bridgehead atoms. The van der Waals surface area contributed by atoms with Crippen molar-refractivity contribution in [1.29, 1.82) is 0 Å². The van der Waals surface area contributed by atoms with Crippen LogP contribution in [0.15, 0.2) is 24.3 Å². The quantitative estimate of drug-likeness (QED) is 0.550. The van der Waals surface area contributed by atoms with Gasteiger partial charge in [-0.25, -0.2) is 0 Å². The third-order valence-corrected chi connectivity index (χ3v) is 3.04. The van der Waals surface area contributed by atoms with E-state index in [1.807, 2.05) is 0 Å². The number of hydrogen-bond donors (Lipinski definition) is 0. The normalized spacial score (nSPS) is 14.5. The Kier molecular flexibility index (Phi) is 2.61. The lowest BCUT2D eigenvalue weighted by Gasteiger charge is -2.20. The number of benzene rings is 1. The van der Waals surface area contributed by atoms with Crippen molar-refractivity contribution in [3.8, 4) is 0 Å². The van der Waals surface area contributed by atoms with Gasteiger partial charge in [-0.15, -0.1) is 0 Å². The molecule has 0 aromatic heterocycles. The highest BCUT2D eigenvalue weighted by molar-refractivity contribution is 9.08. The van der Waals surface area contributed by atoms with E-state index in [0.29, 0.717) is 0 Å². The van der Waals surface area contributed by atoms with Crippen molar-refractivity contribution in [2.45, 2.75) is 5.33 Å². The van der Waals surface area contributed by atoms with E-state index in [-0.39, 0.29) is 0 Å². The number of fused-ring (bicyclic) bond motifs is 1. The number of nitrogens with zero attached hydrogens (tertiary/aromatic N) is 1. The fourth-order valence-corrected chi connectivity index (χ4v) is 1.99. The summed E-state index contributed by atoms with van der Waals surface area (Å²) >= 11 is 9.44. The Balaban J connectivity index is 2.47. The van der Waals surface area contributed by atoms with Crippen molar-refractivity contribution < 1.29 is 0 Å². The molecule has 1 aliphatic heterocycles. The Bertz CT molecular complexity index is 349. The van der Waals surface area contributed by atoms with Gasteiger partial charge in [0.05, 0.1) is 12.2 Å². The van der Waals surface area contributed by atoms with Crippen LogP contribution in [0.1, 0.15) is 11.1 Å². The van der Waals surface area contributed by atoms with Crippen molar-refractivity contribution in [3.05, 3.63) is 35.4 Å². The number of alkyl halides is 1. The van der Waals surface area contributed by atoms with E-state index >= 15 is 0 Å². The van der Waals surface area contributed by atoms with Crippen LogP contribution in [0, 0.1) is 0 Å². The van der Waals surface area contributed by atoms with Gasteiger partial charge in [0, 0.05) is 17.1 Å². The lowest BCUT2D eigenvalue weighted by molar-refractivity contribution is 1.17. The highest BCUT2D eigenvalue weighted by Gasteiger charge is 2.10. The summed E-state index contributed by atoms with van der Waals surface area (Å²) in [4.78, 5) is 0. The monoisotopic (exact) mass is 257 g/mol. The third-order valence-electron chi connectivity index (χ3n) is 2.07. The number of hydrogen-bond acceptors (Lipinski definition) is 1. The number of anilines is 1. The Morgan fingerprint density at radius 3 is 3.08 bits per heavy atom. The van der Waals surface area contributed by atoms with Gasteiger partial charge in [0.15, 0.2) is 0 Å². The lowest BCUT2D eigenvalue weighted by atomic mass is 10.1. The van der Waals surface area contributed by atoms with E-state index in [1.54, 1.807) is 4.42 Å². The molecule has 1 aromatic carbocycles. The van der Waals surface area contributed by atoms with Gasteiger partial charge in [0.2, 0.25) is 0 Å². The molecule has 1 aromatic rings. The van der Waals surface area contributed by atoms with E-state index < -0.39 is 0 Å². The van der Waals surface area contributed by atoms with Gasteiger partial charge in [-0.1, -0.05) is 34.1 Å². The van der Waals surface area contributed by atoms with Crippen molar-refractivity contribution in [3.63, 3.8) is 0 Å². The van der Waals surface area contributed by atoms with Gasteiger partial charge < -0.3 is 0 Å². The lowest BCUT2D eigenvalue weighted by Crippen LogP contribution is -2.13. The summed E-state index contributed by atoms with van der Waals surface area (Å²) in [5.41, 5.74) is 3.56. The van der Waals surface area contributed by atoms with E-state index in [9.17, 15) is 0 Å². The molecule has 2 rings (SSSR count). The molecule has 0 spiro atoms. The third kappa shape index (κ3) is 1.74. The van der Waals surface area contributed by atoms with Gasteiger partial charge in [0.1, 0.15) is 0 Å². The maximum Gasteiger partial charge on any atom is 0.0599 e. The molecule has 0 saturated heterocycles. The molecule has 1 heterocycles. The maximum absolute atomic E-state index is 6.01. The Labute approximate surface area is 91.2 Å². The molecule has 3 heteroatoms. The zero-order valence-corrected chi connectivity index (χ0v) is 9.35. The van der Waals surface area contributed by atoms with Crippen LogP contribution in [0.5, 0.6) is 0 Å². The highest BCUT2D eigenvalue weighted by atomic mass is 79.9. The molecule has 0 aliphatic carbocycles. The fourth-order valence-electron chi connectivity index (χ4n) is 1.41. The summed E-state index contributed by atoms with van der Waals surface area (Å²) in [6.07, 6.45) is 4.17. The summed E-state index contributed by atoms with van der Waals surface area (Å²) in [6, 6.07) is 6.29.